The number of piperazine rings is 1. The van der Waals surface area contributed by atoms with Gasteiger partial charge in [0.15, 0.2) is 0 Å². The molecule has 0 aromatic heterocycles. The zero-order valence-electron chi connectivity index (χ0n) is 11.2. The van der Waals surface area contributed by atoms with Crippen molar-refractivity contribution in [1.82, 2.24) is 9.80 Å². The second-order valence-electron chi connectivity index (χ2n) is 5.38. The van der Waals surface area contributed by atoms with E-state index in [1.807, 2.05) is 24.3 Å². The van der Waals surface area contributed by atoms with Crippen LogP contribution in [0.25, 0.3) is 0 Å². The highest BCUT2D eigenvalue weighted by molar-refractivity contribution is 6.30. The highest BCUT2D eigenvalue weighted by Crippen LogP contribution is 2.23. The number of hydrogen-bond donors (Lipinski definition) is 0. The number of hydrogen-bond acceptors (Lipinski definition) is 2. The average Bonchev–Trinajstić information content (AvgIpc) is 2.93. The van der Waals surface area contributed by atoms with Crippen molar-refractivity contribution in [2.45, 2.75) is 25.3 Å². The van der Waals surface area contributed by atoms with Gasteiger partial charge in [0.25, 0.3) is 0 Å². The van der Waals surface area contributed by atoms with E-state index < -0.39 is 0 Å². The Kier molecular flexibility index (Phi) is 3.66. The molecule has 1 aromatic carbocycles. The number of carbonyl (C=O) groups is 2. The summed E-state index contributed by atoms with van der Waals surface area (Å²) in [6.07, 6.45) is 2.50. The minimum absolute atomic E-state index is 0.0863. The minimum Gasteiger partial charge on any atom is -0.331 e. The largest absolute Gasteiger partial charge is 0.331 e. The second-order valence-corrected chi connectivity index (χ2v) is 5.82. The monoisotopic (exact) mass is 292 g/mol. The number of benzene rings is 1. The van der Waals surface area contributed by atoms with Gasteiger partial charge in [-0.1, -0.05) is 23.7 Å². The lowest BCUT2D eigenvalue weighted by atomic mass is 10.1. The van der Waals surface area contributed by atoms with E-state index in [0.29, 0.717) is 11.6 Å². The van der Waals surface area contributed by atoms with E-state index in [0.717, 1.165) is 31.4 Å². The van der Waals surface area contributed by atoms with Gasteiger partial charge in [-0.3, -0.25) is 9.59 Å². The maximum absolute atomic E-state index is 12.3. The highest BCUT2D eigenvalue weighted by Gasteiger charge is 2.41. The maximum atomic E-state index is 12.3. The van der Waals surface area contributed by atoms with Crippen molar-refractivity contribution in [3.05, 3.63) is 34.9 Å². The summed E-state index contributed by atoms with van der Waals surface area (Å²) in [6.45, 7) is 1.56. The fourth-order valence-electron chi connectivity index (χ4n) is 2.97. The summed E-state index contributed by atoms with van der Waals surface area (Å²) in [5, 5.41) is 0.708. The fourth-order valence-corrected chi connectivity index (χ4v) is 3.10. The van der Waals surface area contributed by atoms with E-state index in [1.54, 1.807) is 9.80 Å². The summed E-state index contributed by atoms with van der Waals surface area (Å²) in [5.74, 6) is 0.194. The Bertz CT molecular complexity index is 529. The zero-order chi connectivity index (χ0) is 14.1. The normalized spacial score (nSPS) is 22.4. The molecule has 0 bridgehead atoms. The first kappa shape index (κ1) is 13.4. The zero-order valence-corrected chi connectivity index (χ0v) is 12.0. The molecule has 0 radical (unpaired) electrons. The van der Waals surface area contributed by atoms with E-state index in [9.17, 15) is 9.59 Å². The number of carbonyl (C=O) groups excluding carboxylic acids is 2. The summed E-state index contributed by atoms with van der Waals surface area (Å²) in [4.78, 5) is 27.8. The standard InChI is InChI=1S/C15H17ClN2O2/c16-12-5-3-11(4-6-12)7-9-17-10-14(19)18-8-1-2-13(18)15(17)20/h3-6,13H,1-2,7-10H2. The highest BCUT2D eigenvalue weighted by atomic mass is 35.5. The van der Waals surface area contributed by atoms with Crippen LogP contribution in [-0.2, 0) is 16.0 Å². The third-order valence-electron chi connectivity index (χ3n) is 4.08. The third-order valence-corrected chi connectivity index (χ3v) is 4.33. The summed E-state index contributed by atoms with van der Waals surface area (Å²) < 4.78 is 0. The Morgan fingerprint density at radius 2 is 1.95 bits per heavy atom. The molecule has 5 heteroatoms. The molecule has 3 rings (SSSR count). The van der Waals surface area contributed by atoms with Crippen LogP contribution < -0.4 is 0 Å². The number of nitrogens with zero attached hydrogens (tertiary/aromatic N) is 2. The fraction of sp³-hybridized carbons (Fsp3) is 0.467. The van der Waals surface area contributed by atoms with Gasteiger partial charge >= 0.3 is 0 Å². The summed E-state index contributed by atoms with van der Waals surface area (Å²) in [5.41, 5.74) is 1.13. The predicted octanol–water partition coefficient (Wildman–Crippen LogP) is 1.72. The topological polar surface area (TPSA) is 40.6 Å². The lowest BCUT2D eigenvalue weighted by molar-refractivity contribution is -0.153. The summed E-state index contributed by atoms with van der Waals surface area (Å²) in [6, 6.07) is 7.40. The molecular formula is C15H17ClN2O2. The Morgan fingerprint density at radius 3 is 2.70 bits per heavy atom. The van der Waals surface area contributed by atoms with Crippen LogP contribution in [-0.4, -0.2) is 47.3 Å². The molecule has 2 aliphatic heterocycles. The molecule has 2 amide bonds. The number of rotatable bonds is 3. The van der Waals surface area contributed by atoms with E-state index in [-0.39, 0.29) is 24.4 Å². The van der Waals surface area contributed by atoms with Crippen molar-refractivity contribution in [3.8, 4) is 0 Å². The molecule has 1 unspecified atom stereocenters. The van der Waals surface area contributed by atoms with Crippen molar-refractivity contribution in [2.24, 2.45) is 0 Å². The van der Waals surface area contributed by atoms with E-state index in [1.165, 1.54) is 0 Å². The van der Waals surface area contributed by atoms with Crippen LogP contribution in [0.4, 0.5) is 0 Å². The van der Waals surface area contributed by atoms with Crippen LogP contribution >= 0.6 is 11.6 Å². The molecular weight excluding hydrogens is 276 g/mol. The smallest absolute Gasteiger partial charge is 0.245 e. The van der Waals surface area contributed by atoms with Crippen LogP contribution in [0.15, 0.2) is 24.3 Å². The first-order valence-corrected chi connectivity index (χ1v) is 7.35. The van der Waals surface area contributed by atoms with Crippen LogP contribution in [0.2, 0.25) is 5.02 Å². The Hall–Kier alpha value is -1.55. The Labute approximate surface area is 123 Å². The van der Waals surface area contributed by atoms with E-state index >= 15 is 0 Å². The Balaban J connectivity index is 1.64. The molecule has 2 saturated heterocycles. The van der Waals surface area contributed by atoms with Gasteiger partial charge in [0.2, 0.25) is 11.8 Å². The molecule has 2 aliphatic rings. The molecule has 0 saturated carbocycles. The van der Waals surface area contributed by atoms with Gasteiger partial charge in [0.05, 0.1) is 6.54 Å². The van der Waals surface area contributed by atoms with Gasteiger partial charge in [0, 0.05) is 18.1 Å². The van der Waals surface area contributed by atoms with Crippen molar-refractivity contribution >= 4 is 23.4 Å². The molecule has 1 atom stereocenters. The predicted molar refractivity (Wildman–Crippen MR) is 76.5 cm³/mol. The SMILES string of the molecule is O=C1C2CCCN2C(=O)CN1CCc1ccc(Cl)cc1. The van der Waals surface area contributed by atoms with Gasteiger partial charge < -0.3 is 9.80 Å². The van der Waals surface area contributed by atoms with Crippen molar-refractivity contribution in [2.75, 3.05) is 19.6 Å². The molecule has 0 N–H and O–H groups in total. The summed E-state index contributed by atoms with van der Waals surface area (Å²) in [7, 11) is 0. The number of halogens is 1. The molecule has 0 aliphatic carbocycles. The molecule has 4 nitrogen and oxygen atoms in total. The number of amides is 2. The minimum atomic E-state index is -0.207. The van der Waals surface area contributed by atoms with Crippen LogP contribution in [0.5, 0.6) is 0 Å². The number of fused-ring (bicyclic) bond motifs is 1. The molecule has 2 fully saturated rings. The first-order valence-electron chi connectivity index (χ1n) is 6.98. The van der Waals surface area contributed by atoms with Crippen molar-refractivity contribution in [1.29, 1.82) is 0 Å². The van der Waals surface area contributed by atoms with Crippen LogP contribution in [0.3, 0.4) is 0 Å². The van der Waals surface area contributed by atoms with Crippen molar-refractivity contribution < 1.29 is 9.59 Å². The van der Waals surface area contributed by atoms with Gasteiger partial charge in [0.1, 0.15) is 6.04 Å². The molecule has 106 valence electrons. The van der Waals surface area contributed by atoms with E-state index in [4.69, 9.17) is 11.6 Å². The first-order chi connectivity index (χ1) is 9.65. The second kappa shape index (κ2) is 5.44. The third kappa shape index (κ3) is 2.52. The molecule has 0 spiro atoms. The van der Waals surface area contributed by atoms with Gasteiger partial charge in [-0.05, 0) is 37.0 Å². The van der Waals surface area contributed by atoms with Crippen LogP contribution in [0, 0.1) is 0 Å². The maximum Gasteiger partial charge on any atom is 0.245 e. The van der Waals surface area contributed by atoms with Gasteiger partial charge in [-0.25, -0.2) is 0 Å². The molecule has 20 heavy (non-hydrogen) atoms. The lowest BCUT2D eigenvalue weighted by Gasteiger charge is -2.36. The summed E-state index contributed by atoms with van der Waals surface area (Å²) >= 11 is 5.85. The van der Waals surface area contributed by atoms with Crippen molar-refractivity contribution in [3.63, 3.8) is 0 Å². The van der Waals surface area contributed by atoms with E-state index in [2.05, 4.69) is 0 Å². The van der Waals surface area contributed by atoms with Crippen LogP contribution in [0.1, 0.15) is 18.4 Å². The van der Waals surface area contributed by atoms with Gasteiger partial charge in [-0.2, -0.15) is 0 Å². The average molecular weight is 293 g/mol. The molecule has 1 aromatic rings. The van der Waals surface area contributed by atoms with Gasteiger partial charge in [-0.15, -0.1) is 0 Å². The lowest BCUT2D eigenvalue weighted by Crippen LogP contribution is -2.57. The quantitative estimate of drug-likeness (QED) is 0.851. The Morgan fingerprint density at radius 1 is 1.20 bits per heavy atom. The molecule has 2 heterocycles.